The molecule has 1 N–H and O–H groups in total. The Bertz CT molecular complexity index is 734. The maximum atomic E-state index is 14.0. The molecule has 0 radical (unpaired) electrons. The summed E-state index contributed by atoms with van der Waals surface area (Å²) in [5.74, 6) is -1.19. The Kier molecular flexibility index (Phi) is 3.46. The molecule has 1 heterocycles. The molecule has 1 aliphatic heterocycles. The molecule has 0 unspecified atom stereocenters. The standard InChI is InChI=1S/C15H11F4N3O/c1-20-11-5-8(4-10(16)12(11)21-2)22-6-7-3-9(7)13(22)14(23)15(17,18)19/h4-5,7,9,13-14,23H,3,6H2/t7-,9-,13+,14-/m0/s1. The lowest BCUT2D eigenvalue weighted by molar-refractivity contribution is -0.210. The summed E-state index contributed by atoms with van der Waals surface area (Å²) in [6.07, 6.45) is -6.69. The zero-order valence-corrected chi connectivity index (χ0v) is 11.7. The number of halogens is 4. The van der Waals surface area contributed by atoms with Crippen LogP contribution in [0.3, 0.4) is 0 Å². The first-order chi connectivity index (χ1) is 10.8. The molecule has 1 saturated carbocycles. The van der Waals surface area contributed by atoms with Crippen molar-refractivity contribution in [3.05, 3.63) is 40.8 Å². The second kappa shape index (κ2) is 5.10. The molecule has 2 fully saturated rings. The normalized spacial score (nSPS) is 27.1. The topological polar surface area (TPSA) is 32.2 Å². The van der Waals surface area contributed by atoms with Gasteiger partial charge in [-0.2, -0.15) is 13.2 Å². The molecule has 0 bridgehead atoms. The minimum absolute atomic E-state index is 0.0389. The molecule has 3 rings (SSSR count). The summed E-state index contributed by atoms with van der Waals surface area (Å²) in [6, 6.07) is 0.990. The van der Waals surface area contributed by atoms with Crippen molar-refractivity contribution in [1.82, 2.24) is 0 Å². The van der Waals surface area contributed by atoms with Crippen molar-refractivity contribution in [2.75, 3.05) is 11.4 Å². The van der Waals surface area contributed by atoms with Gasteiger partial charge in [-0.25, -0.2) is 14.1 Å². The average molecular weight is 325 g/mol. The van der Waals surface area contributed by atoms with E-state index in [9.17, 15) is 22.7 Å². The lowest BCUT2D eigenvalue weighted by Gasteiger charge is -2.34. The number of anilines is 1. The Morgan fingerprint density at radius 1 is 1.26 bits per heavy atom. The van der Waals surface area contributed by atoms with E-state index >= 15 is 0 Å². The van der Waals surface area contributed by atoms with Crippen molar-refractivity contribution < 1.29 is 22.7 Å². The Morgan fingerprint density at radius 3 is 2.52 bits per heavy atom. The SMILES string of the molecule is [C-]#[N+]c1cc(N2C[C@@H]3C[C@@H]3[C@@H]2[C@H](O)C(F)(F)F)cc(F)c1[N+]#[C-]. The van der Waals surface area contributed by atoms with Crippen LogP contribution in [-0.2, 0) is 0 Å². The number of rotatable bonds is 2. The summed E-state index contributed by atoms with van der Waals surface area (Å²) in [5, 5.41) is 9.64. The van der Waals surface area contributed by atoms with E-state index in [1.54, 1.807) is 0 Å². The van der Waals surface area contributed by atoms with Gasteiger partial charge in [-0.3, -0.25) is 0 Å². The molecule has 1 saturated heterocycles. The van der Waals surface area contributed by atoms with E-state index in [1.807, 2.05) is 0 Å². The molecule has 0 amide bonds. The van der Waals surface area contributed by atoms with Gasteiger partial charge in [0.2, 0.25) is 5.69 Å². The minimum Gasteiger partial charge on any atom is -0.382 e. The smallest absolute Gasteiger partial charge is 0.382 e. The largest absolute Gasteiger partial charge is 0.416 e. The molecule has 1 aliphatic carbocycles. The fourth-order valence-corrected chi connectivity index (χ4v) is 3.31. The highest BCUT2D eigenvalue weighted by atomic mass is 19.4. The van der Waals surface area contributed by atoms with E-state index in [-0.39, 0.29) is 29.8 Å². The van der Waals surface area contributed by atoms with Gasteiger partial charge < -0.3 is 10.0 Å². The van der Waals surface area contributed by atoms with E-state index in [4.69, 9.17) is 13.1 Å². The molecule has 2 aliphatic rings. The molecule has 23 heavy (non-hydrogen) atoms. The number of aliphatic hydroxyl groups excluding tert-OH is 1. The number of nitrogens with zero attached hydrogens (tertiary/aromatic N) is 3. The highest BCUT2D eigenvalue weighted by Gasteiger charge is 2.60. The van der Waals surface area contributed by atoms with Gasteiger partial charge in [-0.05, 0) is 30.4 Å². The van der Waals surface area contributed by atoms with E-state index in [2.05, 4.69) is 9.69 Å². The highest BCUT2D eigenvalue weighted by molar-refractivity contribution is 5.76. The van der Waals surface area contributed by atoms with Gasteiger partial charge in [0.05, 0.1) is 19.2 Å². The zero-order valence-electron chi connectivity index (χ0n) is 11.7. The van der Waals surface area contributed by atoms with Crippen LogP contribution in [-0.4, -0.2) is 30.0 Å². The first-order valence-corrected chi connectivity index (χ1v) is 6.87. The van der Waals surface area contributed by atoms with Gasteiger partial charge >= 0.3 is 6.18 Å². The number of benzene rings is 1. The van der Waals surface area contributed by atoms with Crippen LogP contribution in [0.2, 0.25) is 0 Å². The van der Waals surface area contributed by atoms with Crippen molar-refractivity contribution in [2.45, 2.75) is 24.7 Å². The van der Waals surface area contributed by atoms with Gasteiger partial charge in [0, 0.05) is 12.2 Å². The Balaban J connectivity index is 2.00. The molecule has 120 valence electrons. The van der Waals surface area contributed by atoms with Crippen molar-refractivity contribution >= 4 is 17.1 Å². The number of piperidine rings is 1. The van der Waals surface area contributed by atoms with Crippen molar-refractivity contribution in [3.63, 3.8) is 0 Å². The zero-order chi connectivity index (χ0) is 16.9. The fourth-order valence-electron chi connectivity index (χ4n) is 3.31. The molecule has 1 aromatic rings. The minimum atomic E-state index is -4.77. The molecule has 4 atom stereocenters. The Labute approximate surface area is 129 Å². The lowest BCUT2D eigenvalue weighted by atomic mass is 10.0. The summed E-state index contributed by atoms with van der Waals surface area (Å²) in [7, 11) is 0. The third kappa shape index (κ3) is 2.49. The summed E-state index contributed by atoms with van der Waals surface area (Å²) < 4.78 is 52.6. The summed E-state index contributed by atoms with van der Waals surface area (Å²) in [5.41, 5.74) is -0.585. The average Bonchev–Trinajstić information content (AvgIpc) is 3.15. The maximum Gasteiger partial charge on any atom is 0.416 e. The molecular formula is C15H11F4N3O. The Hall–Kier alpha value is -2.32. The fraction of sp³-hybridized carbons (Fsp3) is 0.467. The molecule has 4 nitrogen and oxygen atoms in total. The van der Waals surface area contributed by atoms with E-state index in [1.165, 1.54) is 11.0 Å². The third-order valence-corrected chi connectivity index (χ3v) is 4.46. The van der Waals surface area contributed by atoms with Gasteiger partial charge in [0.15, 0.2) is 11.8 Å². The molecular weight excluding hydrogens is 314 g/mol. The predicted molar refractivity (Wildman–Crippen MR) is 73.7 cm³/mol. The number of hydrogen-bond acceptors (Lipinski definition) is 2. The molecule has 1 aromatic carbocycles. The monoisotopic (exact) mass is 325 g/mol. The van der Waals surface area contributed by atoms with Crippen LogP contribution in [0.4, 0.5) is 34.6 Å². The maximum absolute atomic E-state index is 14.0. The van der Waals surface area contributed by atoms with Crippen LogP contribution < -0.4 is 4.90 Å². The number of hydrogen-bond donors (Lipinski definition) is 1. The first kappa shape index (κ1) is 15.6. The van der Waals surface area contributed by atoms with Crippen LogP contribution >= 0.6 is 0 Å². The second-order valence-electron chi connectivity index (χ2n) is 5.81. The van der Waals surface area contributed by atoms with Crippen LogP contribution in [0, 0.1) is 30.8 Å². The van der Waals surface area contributed by atoms with Gasteiger partial charge in [0.25, 0.3) is 0 Å². The third-order valence-electron chi connectivity index (χ3n) is 4.46. The first-order valence-electron chi connectivity index (χ1n) is 6.87. The summed E-state index contributed by atoms with van der Waals surface area (Å²) in [6.45, 7) is 14.2. The van der Waals surface area contributed by atoms with E-state index < -0.39 is 29.8 Å². The lowest BCUT2D eigenvalue weighted by Crippen LogP contribution is -2.49. The number of fused-ring (bicyclic) bond motifs is 1. The van der Waals surface area contributed by atoms with Crippen LogP contribution in [0.1, 0.15) is 6.42 Å². The number of aliphatic hydroxyl groups is 1. The van der Waals surface area contributed by atoms with E-state index in [0.717, 1.165) is 6.07 Å². The Morgan fingerprint density at radius 2 is 1.96 bits per heavy atom. The molecule has 0 spiro atoms. The molecule has 8 heteroatoms. The van der Waals surface area contributed by atoms with Gasteiger partial charge in [0.1, 0.15) is 5.82 Å². The van der Waals surface area contributed by atoms with Gasteiger partial charge in [-0.15, -0.1) is 0 Å². The van der Waals surface area contributed by atoms with Crippen LogP contribution in [0.5, 0.6) is 0 Å². The quantitative estimate of drug-likeness (QED) is 0.664. The summed E-state index contributed by atoms with van der Waals surface area (Å²) in [4.78, 5) is 7.32. The van der Waals surface area contributed by atoms with Gasteiger partial charge in [-0.1, -0.05) is 0 Å². The highest BCUT2D eigenvalue weighted by Crippen LogP contribution is 2.54. The van der Waals surface area contributed by atoms with E-state index in [0.29, 0.717) is 6.42 Å². The summed E-state index contributed by atoms with van der Waals surface area (Å²) >= 11 is 0. The second-order valence-corrected chi connectivity index (χ2v) is 5.81. The van der Waals surface area contributed by atoms with Crippen molar-refractivity contribution in [2.24, 2.45) is 11.8 Å². The number of alkyl halides is 3. The molecule has 0 aromatic heterocycles. The predicted octanol–water partition coefficient (Wildman–Crippen LogP) is 3.68. The van der Waals surface area contributed by atoms with Crippen molar-refractivity contribution in [3.8, 4) is 0 Å². The van der Waals surface area contributed by atoms with Crippen molar-refractivity contribution in [1.29, 1.82) is 0 Å². The van der Waals surface area contributed by atoms with Crippen LogP contribution in [0.25, 0.3) is 9.69 Å². The van der Waals surface area contributed by atoms with Crippen LogP contribution in [0.15, 0.2) is 12.1 Å².